The highest BCUT2D eigenvalue weighted by Gasteiger charge is 2.20. The van der Waals surface area contributed by atoms with E-state index in [9.17, 15) is 14.0 Å². The summed E-state index contributed by atoms with van der Waals surface area (Å²) in [4.78, 5) is 26.2. The van der Waals surface area contributed by atoms with Gasteiger partial charge in [-0.1, -0.05) is 12.1 Å². The Morgan fingerprint density at radius 2 is 1.73 bits per heavy atom. The third-order valence-electron chi connectivity index (χ3n) is 4.21. The second-order valence-electron chi connectivity index (χ2n) is 6.45. The number of halogens is 1. The van der Waals surface area contributed by atoms with Crippen molar-refractivity contribution in [1.82, 2.24) is 4.90 Å². The molecule has 26 heavy (non-hydrogen) atoms. The van der Waals surface area contributed by atoms with E-state index in [2.05, 4.69) is 10.6 Å². The maximum atomic E-state index is 12.9. The van der Waals surface area contributed by atoms with Crippen LogP contribution in [0.15, 0.2) is 42.5 Å². The fourth-order valence-corrected chi connectivity index (χ4v) is 2.40. The van der Waals surface area contributed by atoms with Crippen LogP contribution in [0.3, 0.4) is 0 Å². The minimum atomic E-state index is -0.524. The van der Waals surface area contributed by atoms with E-state index >= 15 is 0 Å². The number of anilines is 2. The van der Waals surface area contributed by atoms with Crippen LogP contribution in [0.2, 0.25) is 0 Å². The molecule has 2 rings (SSSR count). The Hall–Kier alpha value is -2.73. The molecule has 6 heteroatoms. The summed E-state index contributed by atoms with van der Waals surface area (Å²) in [7, 11) is 1.71. The Bertz CT molecular complexity index is 790. The maximum absolute atomic E-state index is 12.9. The van der Waals surface area contributed by atoms with E-state index in [4.69, 9.17) is 0 Å². The maximum Gasteiger partial charge on any atom is 0.241 e. The first-order chi connectivity index (χ1) is 12.3. The number of aryl methyl sites for hydroxylation is 2. The van der Waals surface area contributed by atoms with Crippen molar-refractivity contribution in [3.63, 3.8) is 0 Å². The third kappa shape index (κ3) is 5.39. The van der Waals surface area contributed by atoms with Crippen LogP contribution in [0, 0.1) is 19.7 Å². The van der Waals surface area contributed by atoms with Crippen molar-refractivity contribution in [2.24, 2.45) is 0 Å². The molecule has 0 saturated carbocycles. The fourth-order valence-electron chi connectivity index (χ4n) is 2.40. The third-order valence-corrected chi connectivity index (χ3v) is 4.21. The molecule has 2 aromatic carbocycles. The van der Waals surface area contributed by atoms with E-state index in [1.807, 2.05) is 32.0 Å². The zero-order valence-electron chi connectivity index (χ0n) is 15.5. The standard InChI is InChI=1S/C20H24FN3O2/c1-13-5-6-14(2)18(11-13)23-19(25)12-24(4)15(3)20(26)22-17-9-7-16(21)8-10-17/h5-11,15H,12H2,1-4H3,(H,22,26)(H,23,25)/t15-/m1/s1. The molecule has 0 fully saturated rings. The van der Waals surface area contributed by atoms with Crippen molar-refractivity contribution >= 4 is 23.2 Å². The van der Waals surface area contributed by atoms with E-state index in [1.54, 1.807) is 18.9 Å². The predicted molar refractivity (Wildman–Crippen MR) is 102 cm³/mol. The Morgan fingerprint density at radius 3 is 2.38 bits per heavy atom. The van der Waals surface area contributed by atoms with Crippen LogP contribution in [0.1, 0.15) is 18.1 Å². The number of carbonyl (C=O) groups is 2. The van der Waals surface area contributed by atoms with Crippen molar-refractivity contribution < 1.29 is 14.0 Å². The van der Waals surface area contributed by atoms with Crippen molar-refractivity contribution in [2.45, 2.75) is 26.8 Å². The molecule has 0 aliphatic rings. The summed E-state index contributed by atoms with van der Waals surface area (Å²) in [6, 6.07) is 10.9. The quantitative estimate of drug-likeness (QED) is 0.834. The van der Waals surface area contributed by atoms with Crippen molar-refractivity contribution in [3.8, 4) is 0 Å². The second-order valence-corrected chi connectivity index (χ2v) is 6.45. The summed E-state index contributed by atoms with van der Waals surface area (Å²) < 4.78 is 12.9. The molecule has 0 aliphatic carbocycles. The number of hydrogen-bond acceptors (Lipinski definition) is 3. The van der Waals surface area contributed by atoms with Crippen LogP contribution in [0.25, 0.3) is 0 Å². The number of benzene rings is 2. The Morgan fingerprint density at radius 1 is 1.08 bits per heavy atom. The van der Waals surface area contributed by atoms with Crippen LogP contribution in [0.5, 0.6) is 0 Å². The van der Waals surface area contributed by atoms with E-state index in [1.165, 1.54) is 24.3 Å². The first-order valence-electron chi connectivity index (χ1n) is 8.40. The number of carbonyl (C=O) groups excluding carboxylic acids is 2. The molecular weight excluding hydrogens is 333 g/mol. The SMILES string of the molecule is Cc1ccc(C)c(NC(=O)CN(C)[C@H](C)C(=O)Nc2ccc(F)cc2)c1. The summed E-state index contributed by atoms with van der Waals surface area (Å²) in [5.41, 5.74) is 3.32. The van der Waals surface area contributed by atoms with Crippen molar-refractivity contribution in [1.29, 1.82) is 0 Å². The van der Waals surface area contributed by atoms with E-state index in [0.717, 1.165) is 16.8 Å². The average Bonchev–Trinajstić information content (AvgIpc) is 2.59. The van der Waals surface area contributed by atoms with Gasteiger partial charge in [0.1, 0.15) is 5.82 Å². The Balaban J connectivity index is 1.91. The molecule has 138 valence electrons. The number of nitrogens with zero attached hydrogens (tertiary/aromatic N) is 1. The second kappa shape index (κ2) is 8.58. The first-order valence-corrected chi connectivity index (χ1v) is 8.40. The lowest BCUT2D eigenvalue weighted by Crippen LogP contribution is -2.43. The molecule has 2 N–H and O–H groups in total. The highest BCUT2D eigenvalue weighted by Crippen LogP contribution is 2.16. The monoisotopic (exact) mass is 357 g/mol. The van der Waals surface area contributed by atoms with E-state index < -0.39 is 6.04 Å². The zero-order valence-corrected chi connectivity index (χ0v) is 15.5. The van der Waals surface area contributed by atoms with Crippen LogP contribution in [0.4, 0.5) is 15.8 Å². The molecule has 0 aliphatic heterocycles. The molecule has 2 amide bonds. The Labute approximate surface area is 153 Å². The van der Waals surface area contributed by atoms with Crippen LogP contribution >= 0.6 is 0 Å². The largest absolute Gasteiger partial charge is 0.325 e. The summed E-state index contributed by atoms with van der Waals surface area (Å²) >= 11 is 0. The van der Waals surface area contributed by atoms with Gasteiger partial charge < -0.3 is 10.6 Å². The van der Waals surface area contributed by atoms with Gasteiger partial charge in [0.05, 0.1) is 12.6 Å². The number of hydrogen-bond donors (Lipinski definition) is 2. The number of rotatable bonds is 6. The highest BCUT2D eigenvalue weighted by atomic mass is 19.1. The van der Waals surface area contributed by atoms with Crippen molar-refractivity contribution in [2.75, 3.05) is 24.2 Å². The predicted octanol–water partition coefficient (Wildman–Crippen LogP) is 3.34. The smallest absolute Gasteiger partial charge is 0.241 e. The molecule has 5 nitrogen and oxygen atoms in total. The lowest BCUT2D eigenvalue weighted by atomic mass is 10.1. The van der Waals surface area contributed by atoms with Crippen LogP contribution in [-0.4, -0.2) is 36.3 Å². The minimum absolute atomic E-state index is 0.0748. The lowest BCUT2D eigenvalue weighted by molar-refractivity contribution is -0.122. The summed E-state index contributed by atoms with van der Waals surface area (Å²) in [6.45, 7) is 5.68. The van der Waals surface area contributed by atoms with Gasteiger partial charge in [0.25, 0.3) is 0 Å². The molecular formula is C20H24FN3O2. The van der Waals surface area contributed by atoms with Gasteiger partial charge in [0, 0.05) is 11.4 Å². The van der Waals surface area contributed by atoms with Gasteiger partial charge in [-0.15, -0.1) is 0 Å². The van der Waals surface area contributed by atoms with Gasteiger partial charge in [-0.05, 0) is 69.3 Å². The van der Waals surface area contributed by atoms with Gasteiger partial charge in [0.15, 0.2) is 0 Å². The minimum Gasteiger partial charge on any atom is -0.325 e. The van der Waals surface area contributed by atoms with Crippen LogP contribution in [-0.2, 0) is 9.59 Å². The normalized spacial score (nSPS) is 11.9. The molecule has 0 unspecified atom stereocenters. The fraction of sp³-hybridized carbons (Fsp3) is 0.300. The number of amides is 2. The molecule has 0 aromatic heterocycles. The van der Waals surface area contributed by atoms with Gasteiger partial charge >= 0.3 is 0 Å². The molecule has 0 heterocycles. The topological polar surface area (TPSA) is 61.4 Å². The van der Waals surface area contributed by atoms with Gasteiger partial charge in [-0.3, -0.25) is 14.5 Å². The molecule has 0 radical (unpaired) electrons. The van der Waals surface area contributed by atoms with Gasteiger partial charge in [-0.2, -0.15) is 0 Å². The average molecular weight is 357 g/mol. The van der Waals surface area contributed by atoms with E-state index in [0.29, 0.717) is 5.69 Å². The molecule has 2 aromatic rings. The summed E-state index contributed by atoms with van der Waals surface area (Å²) in [6.07, 6.45) is 0. The van der Waals surface area contributed by atoms with E-state index in [-0.39, 0.29) is 24.2 Å². The van der Waals surface area contributed by atoms with Crippen LogP contribution < -0.4 is 10.6 Å². The van der Waals surface area contributed by atoms with Gasteiger partial charge in [-0.25, -0.2) is 4.39 Å². The molecule has 0 saturated heterocycles. The van der Waals surface area contributed by atoms with Crippen molar-refractivity contribution in [3.05, 3.63) is 59.4 Å². The summed E-state index contributed by atoms with van der Waals surface area (Å²) in [5, 5.41) is 5.59. The van der Waals surface area contributed by atoms with Gasteiger partial charge in [0.2, 0.25) is 11.8 Å². The first kappa shape index (κ1) is 19.6. The molecule has 0 bridgehead atoms. The zero-order chi connectivity index (χ0) is 19.3. The Kier molecular flexibility index (Phi) is 6.46. The lowest BCUT2D eigenvalue weighted by Gasteiger charge is -2.23. The summed E-state index contributed by atoms with van der Waals surface area (Å²) in [5.74, 6) is -0.822. The molecule has 0 spiro atoms. The number of nitrogens with one attached hydrogen (secondary N) is 2. The number of likely N-dealkylation sites (N-methyl/N-ethyl adjacent to an activating group) is 1. The molecule has 1 atom stereocenters. The highest BCUT2D eigenvalue weighted by molar-refractivity contribution is 5.96.